The first-order valence-electron chi connectivity index (χ1n) is 13.7. The predicted molar refractivity (Wildman–Crippen MR) is 155 cm³/mol. The SMILES string of the molecule is CCC[C@@H]([C@@H](CC(C)C)C(=O)N[C@@H](CCCCNC(=O)NC(=O)c1ccccc1)C(=O)Nc1nccs1)N(O)C=O. The van der Waals surface area contributed by atoms with Gasteiger partial charge in [-0.15, -0.1) is 11.3 Å². The van der Waals surface area contributed by atoms with Gasteiger partial charge in [-0.25, -0.2) is 14.8 Å². The minimum atomic E-state index is -0.916. The summed E-state index contributed by atoms with van der Waals surface area (Å²) in [5.41, 5.74) is 0.363. The van der Waals surface area contributed by atoms with Gasteiger partial charge in [0, 0.05) is 23.7 Å². The lowest BCUT2D eigenvalue weighted by molar-refractivity contribution is -0.169. The summed E-state index contributed by atoms with van der Waals surface area (Å²) >= 11 is 1.24. The molecule has 12 nitrogen and oxygen atoms in total. The molecule has 1 aromatic heterocycles. The Kier molecular flexibility index (Phi) is 14.5. The Balaban J connectivity index is 2.00. The molecular formula is C28H40N6O6S. The number of nitrogens with zero attached hydrogens (tertiary/aromatic N) is 2. The van der Waals surface area contributed by atoms with Crippen LogP contribution in [0, 0.1) is 11.8 Å². The fraction of sp³-hybridized carbons (Fsp3) is 0.500. The van der Waals surface area contributed by atoms with E-state index < -0.39 is 41.8 Å². The third kappa shape index (κ3) is 11.7. The highest BCUT2D eigenvalue weighted by Gasteiger charge is 2.34. The molecule has 0 fully saturated rings. The zero-order valence-corrected chi connectivity index (χ0v) is 24.5. The Morgan fingerprint density at radius 2 is 1.80 bits per heavy atom. The van der Waals surface area contributed by atoms with E-state index in [1.54, 1.807) is 41.9 Å². The van der Waals surface area contributed by atoms with Crippen molar-refractivity contribution in [1.29, 1.82) is 0 Å². The number of benzene rings is 1. The lowest BCUT2D eigenvalue weighted by atomic mass is 9.86. The molecule has 0 aliphatic heterocycles. The van der Waals surface area contributed by atoms with Crippen LogP contribution >= 0.6 is 11.3 Å². The largest absolute Gasteiger partial charge is 0.344 e. The van der Waals surface area contributed by atoms with Gasteiger partial charge in [-0.2, -0.15) is 0 Å². The first-order chi connectivity index (χ1) is 19.7. The molecule has 0 saturated carbocycles. The Morgan fingerprint density at radius 1 is 1.07 bits per heavy atom. The normalized spacial score (nSPS) is 13.0. The standard InChI is InChI=1S/C28H40N6O6S/c1-4-10-23(34(40)18-35)21(17-19(2)3)25(37)31-22(26(38)33-28-30-15-16-41-28)13-8-9-14-29-27(39)32-24(36)20-11-6-5-7-12-20/h5-7,11-12,15-16,18-19,21-23,40H,4,8-10,13-14,17H2,1-3H3,(H,31,37)(H,30,33,38)(H2,29,32,36,39)/t21-,22+,23+/m1/s1. The van der Waals surface area contributed by atoms with Crippen molar-refractivity contribution in [3.63, 3.8) is 0 Å². The number of anilines is 1. The second kappa shape index (κ2) is 17.8. The molecular weight excluding hydrogens is 548 g/mol. The van der Waals surface area contributed by atoms with Gasteiger partial charge in [-0.1, -0.05) is 45.4 Å². The van der Waals surface area contributed by atoms with Crippen LogP contribution in [0.25, 0.3) is 0 Å². The van der Waals surface area contributed by atoms with Gasteiger partial charge in [0.2, 0.25) is 18.2 Å². The number of imide groups is 1. The summed E-state index contributed by atoms with van der Waals surface area (Å²) in [7, 11) is 0. The first kappa shape index (κ1) is 33.4. The number of thiazole rings is 1. The van der Waals surface area contributed by atoms with Gasteiger partial charge in [-0.05, 0) is 50.2 Å². The molecule has 0 aliphatic carbocycles. The lowest BCUT2D eigenvalue weighted by Crippen LogP contribution is -2.51. The molecule has 6 amide bonds. The topological polar surface area (TPSA) is 170 Å². The van der Waals surface area contributed by atoms with Gasteiger partial charge in [0.05, 0.1) is 12.0 Å². The predicted octanol–water partition coefficient (Wildman–Crippen LogP) is 3.55. The maximum Gasteiger partial charge on any atom is 0.321 e. The molecule has 41 heavy (non-hydrogen) atoms. The second-order valence-electron chi connectivity index (χ2n) is 10.0. The van der Waals surface area contributed by atoms with Crippen molar-refractivity contribution in [3.05, 3.63) is 47.5 Å². The molecule has 1 aromatic carbocycles. The van der Waals surface area contributed by atoms with Crippen molar-refractivity contribution in [2.75, 3.05) is 11.9 Å². The minimum absolute atomic E-state index is 0.0961. The smallest absolute Gasteiger partial charge is 0.321 e. The van der Waals surface area contributed by atoms with Crippen LogP contribution in [0.15, 0.2) is 41.9 Å². The van der Waals surface area contributed by atoms with E-state index in [9.17, 15) is 29.2 Å². The highest BCUT2D eigenvalue weighted by atomic mass is 32.1. The number of aromatic nitrogens is 1. The van der Waals surface area contributed by atoms with Crippen LogP contribution in [0.4, 0.5) is 9.93 Å². The van der Waals surface area contributed by atoms with Gasteiger partial charge < -0.3 is 16.0 Å². The van der Waals surface area contributed by atoms with Gasteiger partial charge in [0.1, 0.15) is 6.04 Å². The number of urea groups is 1. The molecule has 0 radical (unpaired) electrons. The van der Waals surface area contributed by atoms with E-state index in [1.807, 2.05) is 20.8 Å². The van der Waals surface area contributed by atoms with E-state index in [0.29, 0.717) is 54.3 Å². The number of carbonyl (C=O) groups is 5. The summed E-state index contributed by atoms with van der Waals surface area (Å²) in [6.07, 6.45) is 4.52. The zero-order valence-electron chi connectivity index (χ0n) is 23.7. The van der Waals surface area contributed by atoms with Crippen molar-refractivity contribution in [2.45, 2.75) is 71.4 Å². The van der Waals surface area contributed by atoms with Crippen molar-refractivity contribution < 1.29 is 29.2 Å². The summed E-state index contributed by atoms with van der Waals surface area (Å²) in [6, 6.07) is 6.08. The maximum absolute atomic E-state index is 13.5. The molecule has 5 N–H and O–H groups in total. The van der Waals surface area contributed by atoms with Crippen LogP contribution in [0.1, 0.15) is 69.7 Å². The van der Waals surface area contributed by atoms with Crippen LogP contribution < -0.4 is 21.3 Å². The molecule has 0 spiro atoms. The number of hydrogen-bond acceptors (Lipinski definition) is 8. The molecule has 13 heteroatoms. The van der Waals surface area contributed by atoms with Gasteiger partial charge in [0.25, 0.3) is 5.91 Å². The second-order valence-corrected chi connectivity index (χ2v) is 10.9. The minimum Gasteiger partial charge on any atom is -0.344 e. The van der Waals surface area contributed by atoms with Crippen LogP contribution in [-0.2, 0) is 14.4 Å². The van der Waals surface area contributed by atoms with Gasteiger partial charge >= 0.3 is 6.03 Å². The van der Waals surface area contributed by atoms with E-state index in [-0.39, 0.29) is 18.9 Å². The Labute approximate surface area is 244 Å². The Bertz CT molecular complexity index is 1110. The fourth-order valence-corrected chi connectivity index (χ4v) is 4.88. The fourth-order valence-electron chi connectivity index (χ4n) is 4.35. The third-order valence-corrected chi connectivity index (χ3v) is 7.01. The van der Waals surface area contributed by atoms with Crippen molar-refractivity contribution in [3.8, 4) is 0 Å². The maximum atomic E-state index is 13.5. The average molecular weight is 589 g/mol. The van der Waals surface area contributed by atoms with E-state index in [4.69, 9.17) is 0 Å². The lowest BCUT2D eigenvalue weighted by Gasteiger charge is -2.32. The van der Waals surface area contributed by atoms with E-state index >= 15 is 0 Å². The number of carbonyl (C=O) groups excluding carboxylic acids is 5. The number of amides is 6. The zero-order chi connectivity index (χ0) is 30.2. The van der Waals surface area contributed by atoms with E-state index in [1.165, 1.54) is 11.3 Å². The number of nitrogens with one attached hydrogen (secondary N) is 4. The summed E-state index contributed by atoms with van der Waals surface area (Å²) in [5.74, 6) is -2.03. The van der Waals surface area contributed by atoms with Crippen molar-refractivity contribution in [2.24, 2.45) is 11.8 Å². The van der Waals surface area contributed by atoms with Crippen molar-refractivity contribution in [1.82, 2.24) is 26.0 Å². The molecule has 2 rings (SSSR count). The van der Waals surface area contributed by atoms with Crippen LogP contribution in [-0.4, -0.2) is 64.0 Å². The monoisotopic (exact) mass is 588 g/mol. The van der Waals surface area contributed by atoms with Crippen LogP contribution in [0.5, 0.6) is 0 Å². The molecule has 0 saturated heterocycles. The Morgan fingerprint density at radius 3 is 2.41 bits per heavy atom. The third-order valence-electron chi connectivity index (χ3n) is 6.32. The quantitative estimate of drug-likeness (QED) is 0.0814. The first-order valence-corrected chi connectivity index (χ1v) is 14.6. The summed E-state index contributed by atoms with van der Waals surface area (Å²) < 4.78 is 0. The van der Waals surface area contributed by atoms with E-state index in [0.717, 1.165) is 0 Å². The Hall–Kier alpha value is -3.84. The van der Waals surface area contributed by atoms with Crippen molar-refractivity contribution >= 4 is 46.6 Å². The number of hydrogen-bond donors (Lipinski definition) is 5. The highest BCUT2D eigenvalue weighted by molar-refractivity contribution is 7.13. The molecule has 1 heterocycles. The van der Waals surface area contributed by atoms with Gasteiger partial charge in [0.15, 0.2) is 5.13 Å². The summed E-state index contributed by atoms with van der Waals surface area (Å²) in [5, 5.41) is 23.3. The van der Waals surface area contributed by atoms with Gasteiger partial charge in [-0.3, -0.25) is 29.7 Å². The van der Waals surface area contributed by atoms with E-state index in [2.05, 4.69) is 26.3 Å². The molecule has 224 valence electrons. The molecule has 0 unspecified atom stereocenters. The number of hydroxylamine groups is 2. The van der Waals surface area contributed by atoms with Crippen LogP contribution in [0.3, 0.4) is 0 Å². The molecule has 3 atom stereocenters. The number of rotatable bonds is 17. The molecule has 2 aromatic rings. The molecule has 0 bridgehead atoms. The van der Waals surface area contributed by atoms with Crippen LogP contribution in [0.2, 0.25) is 0 Å². The number of unbranched alkanes of at least 4 members (excludes halogenated alkanes) is 1. The summed E-state index contributed by atoms with van der Waals surface area (Å²) in [6.45, 7) is 6.02. The highest BCUT2D eigenvalue weighted by Crippen LogP contribution is 2.23. The summed E-state index contributed by atoms with van der Waals surface area (Å²) in [4.78, 5) is 66.2. The molecule has 0 aliphatic rings. The average Bonchev–Trinajstić information content (AvgIpc) is 3.46.